The predicted octanol–water partition coefficient (Wildman–Crippen LogP) is 4.30. The summed E-state index contributed by atoms with van der Waals surface area (Å²) in [7, 11) is 0. The minimum absolute atomic E-state index is 0.842. The Morgan fingerprint density at radius 2 is 2.00 bits per heavy atom. The third kappa shape index (κ3) is 3.99. The summed E-state index contributed by atoms with van der Waals surface area (Å²) in [6.45, 7) is 11.5. The molecule has 112 valence electrons. The van der Waals surface area contributed by atoms with Crippen molar-refractivity contribution < 1.29 is 0 Å². The van der Waals surface area contributed by atoms with Crippen LogP contribution in [0.5, 0.6) is 0 Å². The summed E-state index contributed by atoms with van der Waals surface area (Å²) >= 11 is 0. The van der Waals surface area contributed by atoms with Gasteiger partial charge in [0, 0.05) is 25.3 Å². The van der Waals surface area contributed by atoms with E-state index in [1.807, 2.05) is 0 Å². The van der Waals surface area contributed by atoms with Gasteiger partial charge in [0.1, 0.15) is 0 Å². The van der Waals surface area contributed by atoms with E-state index in [0.29, 0.717) is 0 Å². The van der Waals surface area contributed by atoms with Gasteiger partial charge in [-0.1, -0.05) is 45.7 Å². The molecule has 0 radical (unpaired) electrons. The molecule has 1 aliphatic rings. The van der Waals surface area contributed by atoms with Crippen LogP contribution in [-0.4, -0.2) is 24.5 Å². The van der Waals surface area contributed by atoms with Gasteiger partial charge >= 0.3 is 0 Å². The van der Waals surface area contributed by atoms with Crippen molar-refractivity contribution in [1.82, 2.24) is 4.90 Å². The third-order valence-corrected chi connectivity index (χ3v) is 4.63. The summed E-state index contributed by atoms with van der Waals surface area (Å²) in [5.41, 5.74) is 4.33. The minimum atomic E-state index is 0.842. The van der Waals surface area contributed by atoms with Crippen molar-refractivity contribution in [2.75, 3.05) is 25.0 Å². The van der Waals surface area contributed by atoms with Crippen LogP contribution in [0.3, 0.4) is 0 Å². The first-order valence-corrected chi connectivity index (χ1v) is 8.34. The van der Waals surface area contributed by atoms with Crippen LogP contribution < -0.4 is 5.32 Å². The zero-order valence-electron chi connectivity index (χ0n) is 13.4. The maximum absolute atomic E-state index is 3.49. The van der Waals surface area contributed by atoms with E-state index in [2.05, 4.69) is 49.2 Å². The molecule has 2 heteroatoms. The molecule has 1 aliphatic heterocycles. The minimum Gasteiger partial charge on any atom is -0.385 e. The van der Waals surface area contributed by atoms with Crippen LogP contribution in [-0.2, 0) is 13.0 Å². The normalized spacial score (nSPS) is 14.4. The van der Waals surface area contributed by atoms with Gasteiger partial charge < -0.3 is 5.32 Å². The van der Waals surface area contributed by atoms with Crippen LogP contribution in [0.1, 0.15) is 51.2 Å². The molecule has 0 spiro atoms. The molecule has 1 heterocycles. The van der Waals surface area contributed by atoms with Crippen molar-refractivity contribution in [2.45, 2.75) is 53.0 Å². The number of anilines is 1. The Balaban J connectivity index is 2.00. The van der Waals surface area contributed by atoms with E-state index < -0.39 is 0 Å². The van der Waals surface area contributed by atoms with E-state index in [1.165, 1.54) is 49.0 Å². The molecule has 2 rings (SSSR count). The molecule has 0 aliphatic carbocycles. The average Bonchev–Trinajstić information content (AvgIpc) is 2.51. The van der Waals surface area contributed by atoms with Gasteiger partial charge in [-0.3, -0.25) is 4.90 Å². The first kappa shape index (κ1) is 15.4. The number of fused-ring (bicyclic) bond motifs is 1. The molecule has 1 aromatic rings. The molecule has 0 saturated carbocycles. The van der Waals surface area contributed by atoms with Crippen molar-refractivity contribution in [2.24, 2.45) is 5.92 Å². The molecule has 0 amide bonds. The van der Waals surface area contributed by atoms with Gasteiger partial charge in [0.2, 0.25) is 0 Å². The monoisotopic (exact) mass is 274 g/mol. The zero-order valence-corrected chi connectivity index (χ0v) is 13.4. The molecule has 2 nitrogen and oxygen atoms in total. The Labute approximate surface area is 124 Å². The van der Waals surface area contributed by atoms with Gasteiger partial charge in [-0.2, -0.15) is 0 Å². The van der Waals surface area contributed by atoms with E-state index in [4.69, 9.17) is 0 Å². The van der Waals surface area contributed by atoms with Gasteiger partial charge in [0.15, 0.2) is 0 Å². The Hall–Kier alpha value is -1.02. The summed E-state index contributed by atoms with van der Waals surface area (Å²) in [5, 5.41) is 3.49. The summed E-state index contributed by atoms with van der Waals surface area (Å²) in [6, 6.07) is 6.98. The fourth-order valence-electron chi connectivity index (χ4n) is 3.10. The number of hydrogen-bond acceptors (Lipinski definition) is 2. The number of rotatable bonds is 7. The Morgan fingerprint density at radius 1 is 1.20 bits per heavy atom. The number of hydrogen-bond donors (Lipinski definition) is 1. The van der Waals surface area contributed by atoms with Crippen molar-refractivity contribution >= 4 is 5.69 Å². The van der Waals surface area contributed by atoms with Gasteiger partial charge in [-0.05, 0) is 42.5 Å². The smallest absolute Gasteiger partial charge is 0.0372 e. The summed E-state index contributed by atoms with van der Waals surface area (Å²) in [6.07, 6.45) is 5.08. The van der Waals surface area contributed by atoms with Gasteiger partial charge in [0.05, 0.1) is 0 Å². The van der Waals surface area contributed by atoms with Gasteiger partial charge in [0.25, 0.3) is 0 Å². The lowest BCUT2D eigenvalue weighted by atomic mass is 9.99. The number of aryl methyl sites for hydroxylation is 1. The van der Waals surface area contributed by atoms with E-state index in [1.54, 1.807) is 0 Å². The molecule has 20 heavy (non-hydrogen) atoms. The molecule has 0 bridgehead atoms. The Bertz CT molecular complexity index is 410. The number of nitrogens with zero attached hydrogens (tertiary/aromatic N) is 1. The molecule has 0 atom stereocenters. The van der Waals surface area contributed by atoms with Crippen LogP contribution in [0.4, 0.5) is 5.69 Å². The Morgan fingerprint density at radius 3 is 2.70 bits per heavy atom. The van der Waals surface area contributed by atoms with Crippen molar-refractivity contribution in [3.8, 4) is 0 Å². The molecule has 0 saturated heterocycles. The highest BCUT2D eigenvalue weighted by molar-refractivity contribution is 5.54. The van der Waals surface area contributed by atoms with Crippen LogP contribution >= 0.6 is 0 Å². The highest BCUT2D eigenvalue weighted by Crippen LogP contribution is 2.23. The second kappa shape index (κ2) is 7.68. The summed E-state index contributed by atoms with van der Waals surface area (Å²) < 4.78 is 0. The Kier molecular flexibility index (Phi) is 5.90. The molecular formula is C18H30N2. The standard InChI is InChI=1S/C18H30N2/c1-4-15(5-2)13-20(6-3)14-16-9-10-18-17(12-16)8-7-11-19-18/h9-10,12,15,19H,4-8,11,13-14H2,1-3H3. The van der Waals surface area contributed by atoms with Crippen LogP contribution in [0.25, 0.3) is 0 Å². The number of benzene rings is 1. The fourth-order valence-corrected chi connectivity index (χ4v) is 3.10. The maximum atomic E-state index is 3.49. The first-order valence-electron chi connectivity index (χ1n) is 8.34. The quantitative estimate of drug-likeness (QED) is 0.797. The van der Waals surface area contributed by atoms with E-state index in [9.17, 15) is 0 Å². The van der Waals surface area contributed by atoms with Gasteiger partial charge in [-0.15, -0.1) is 0 Å². The average molecular weight is 274 g/mol. The highest BCUT2D eigenvalue weighted by Gasteiger charge is 2.13. The van der Waals surface area contributed by atoms with E-state index >= 15 is 0 Å². The second-order valence-electron chi connectivity index (χ2n) is 6.03. The molecule has 0 fully saturated rings. The topological polar surface area (TPSA) is 15.3 Å². The van der Waals surface area contributed by atoms with Crippen molar-refractivity contribution in [3.63, 3.8) is 0 Å². The van der Waals surface area contributed by atoms with Crippen molar-refractivity contribution in [1.29, 1.82) is 0 Å². The third-order valence-electron chi connectivity index (χ3n) is 4.63. The molecule has 1 aromatic carbocycles. The SMILES string of the molecule is CCC(CC)CN(CC)Cc1ccc2c(c1)CCCN2. The predicted molar refractivity (Wildman–Crippen MR) is 88.3 cm³/mol. The maximum Gasteiger partial charge on any atom is 0.0372 e. The molecular weight excluding hydrogens is 244 g/mol. The lowest BCUT2D eigenvalue weighted by molar-refractivity contribution is 0.226. The van der Waals surface area contributed by atoms with Crippen LogP contribution in [0.2, 0.25) is 0 Å². The van der Waals surface area contributed by atoms with Crippen LogP contribution in [0, 0.1) is 5.92 Å². The van der Waals surface area contributed by atoms with Gasteiger partial charge in [-0.25, -0.2) is 0 Å². The lowest BCUT2D eigenvalue weighted by Gasteiger charge is -2.26. The van der Waals surface area contributed by atoms with Crippen LogP contribution in [0.15, 0.2) is 18.2 Å². The lowest BCUT2D eigenvalue weighted by Crippen LogP contribution is -2.28. The second-order valence-corrected chi connectivity index (χ2v) is 6.03. The summed E-state index contributed by atoms with van der Waals surface area (Å²) in [4.78, 5) is 2.59. The van der Waals surface area contributed by atoms with E-state index in [0.717, 1.165) is 25.6 Å². The highest BCUT2D eigenvalue weighted by atomic mass is 15.1. The number of nitrogens with one attached hydrogen (secondary N) is 1. The fraction of sp³-hybridized carbons (Fsp3) is 0.667. The first-order chi connectivity index (χ1) is 9.76. The summed E-state index contributed by atoms with van der Waals surface area (Å²) in [5.74, 6) is 0.842. The van der Waals surface area contributed by atoms with E-state index in [-0.39, 0.29) is 0 Å². The molecule has 0 aromatic heterocycles. The van der Waals surface area contributed by atoms with Crippen molar-refractivity contribution in [3.05, 3.63) is 29.3 Å². The zero-order chi connectivity index (χ0) is 14.4. The largest absolute Gasteiger partial charge is 0.385 e. The molecule has 0 unspecified atom stereocenters. The molecule has 1 N–H and O–H groups in total.